The van der Waals surface area contributed by atoms with Crippen molar-refractivity contribution in [3.05, 3.63) is 90.5 Å². The zero-order valence-electron chi connectivity index (χ0n) is 16.9. The highest BCUT2D eigenvalue weighted by Gasteiger charge is 2.34. The van der Waals surface area contributed by atoms with Gasteiger partial charge in [-0.05, 0) is 42.0 Å². The van der Waals surface area contributed by atoms with E-state index in [1.165, 1.54) is 17.1 Å². The minimum absolute atomic E-state index is 0.306. The Hall–Kier alpha value is -4.17. The third-order valence-electron chi connectivity index (χ3n) is 5.25. The molecule has 0 radical (unpaired) electrons. The molecule has 1 N–H and O–H groups in total. The minimum Gasteiger partial charge on any atom is -0.283 e. The predicted octanol–water partition coefficient (Wildman–Crippen LogP) is 3.49. The highest BCUT2D eigenvalue weighted by molar-refractivity contribution is 6.47. The normalized spacial score (nSPS) is 13.0. The summed E-state index contributed by atoms with van der Waals surface area (Å²) in [6.07, 6.45) is 3.29. The molecule has 5 rings (SSSR count). The molecule has 32 heavy (non-hydrogen) atoms. The number of hydrogen-bond donors (Lipinski definition) is 1. The van der Waals surface area contributed by atoms with Gasteiger partial charge < -0.3 is 0 Å². The van der Waals surface area contributed by atoms with E-state index in [1.54, 1.807) is 71.7 Å². The summed E-state index contributed by atoms with van der Waals surface area (Å²) in [5.41, 5.74) is 6.05. The van der Waals surface area contributed by atoms with Gasteiger partial charge in [-0.25, -0.2) is 19.5 Å². The number of nitrogens with one attached hydrogen (secondary N) is 1. The number of anilines is 1. The van der Waals surface area contributed by atoms with Crippen molar-refractivity contribution in [2.45, 2.75) is 6.54 Å². The van der Waals surface area contributed by atoms with E-state index in [2.05, 4.69) is 10.4 Å². The first-order valence-electron chi connectivity index (χ1n) is 10.1. The zero-order chi connectivity index (χ0) is 22.1. The van der Waals surface area contributed by atoms with Crippen LogP contribution in [0.4, 0.5) is 10.2 Å². The quantitative estimate of drug-likeness (QED) is 0.398. The van der Waals surface area contributed by atoms with Crippen LogP contribution < -0.4 is 10.4 Å². The molecule has 8 heteroatoms. The molecule has 158 valence electrons. The van der Waals surface area contributed by atoms with Crippen LogP contribution in [0.2, 0.25) is 0 Å². The summed E-state index contributed by atoms with van der Waals surface area (Å²) in [4.78, 5) is 30.2. The average Bonchev–Trinajstić information content (AvgIpc) is 3.24. The molecule has 3 heterocycles. The minimum atomic E-state index is -0.710. The number of carbonyl (C=O) groups is 2. The molecule has 7 nitrogen and oxygen atoms in total. The van der Waals surface area contributed by atoms with Gasteiger partial charge in [-0.3, -0.25) is 14.6 Å². The number of benzene rings is 2. The molecule has 1 amide bonds. The molecular weight excluding hydrogens is 409 g/mol. The Bertz CT molecular complexity index is 1290. The van der Waals surface area contributed by atoms with Gasteiger partial charge in [-0.15, -0.1) is 0 Å². The number of hydrazine groups is 1. The topological polar surface area (TPSA) is 80.1 Å². The average molecular weight is 427 g/mol. The van der Waals surface area contributed by atoms with Crippen molar-refractivity contribution in [1.29, 1.82) is 0 Å². The SMILES string of the molecule is O=C(C(=O)N1NCCn2nc(-c3ccc(F)cc3)c(-c3ccncc3)c21)c1ccccc1. The Kier molecular flexibility index (Phi) is 5.04. The molecule has 0 saturated carbocycles. The molecule has 2 aromatic heterocycles. The Morgan fingerprint density at radius 3 is 2.34 bits per heavy atom. The van der Waals surface area contributed by atoms with Gasteiger partial charge in [-0.1, -0.05) is 30.3 Å². The van der Waals surface area contributed by atoms with Gasteiger partial charge in [-0.2, -0.15) is 5.10 Å². The number of ketones is 1. The van der Waals surface area contributed by atoms with Crippen LogP contribution in [-0.2, 0) is 11.3 Å². The number of Topliss-reactive ketones (excluding diaryl/α,β-unsaturated/α-hetero) is 1. The van der Waals surface area contributed by atoms with Crippen LogP contribution >= 0.6 is 0 Å². The molecular formula is C24H18FN5O2. The van der Waals surface area contributed by atoms with E-state index in [-0.39, 0.29) is 5.82 Å². The monoisotopic (exact) mass is 427 g/mol. The Morgan fingerprint density at radius 2 is 1.62 bits per heavy atom. The lowest BCUT2D eigenvalue weighted by Gasteiger charge is -2.29. The van der Waals surface area contributed by atoms with Crippen molar-refractivity contribution >= 4 is 17.5 Å². The largest absolute Gasteiger partial charge is 0.315 e. The van der Waals surface area contributed by atoms with Crippen LogP contribution in [0.25, 0.3) is 22.4 Å². The van der Waals surface area contributed by atoms with Gasteiger partial charge in [0.1, 0.15) is 11.5 Å². The number of halogens is 1. The number of pyridine rings is 1. The molecule has 0 aliphatic carbocycles. The van der Waals surface area contributed by atoms with Crippen LogP contribution in [0.5, 0.6) is 0 Å². The summed E-state index contributed by atoms with van der Waals surface area (Å²) in [7, 11) is 0. The maximum atomic E-state index is 13.5. The van der Waals surface area contributed by atoms with Crippen molar-refractivity contribution in [2.75, 3.05) is 11.6 Å². The molecule has 0 fully saturated rings. The van der Waals surface area contributed by atoms with Crippen molar-refractivity contribution in [1.82, 2.24) is 20.2 Å². The van der Waals surface area contributed by atoms with Crippen LogP contribution in [0.1, 0.15) is 10.4 Å². The van der Waals surface area contributed by atoms with Crippen molar-refractivity contribution in [3.63, 3.8) is 0 Å². The number of rotatable bonds is 4. The van der Waals surface area contributed by atoms with E-state index in [9.17, 15) is 14.0 Å². The highest BCUT2D eigenvalue weighted by atomic mass is 19.1. The summed E-state index contributed by atoms with van der Waals surface area (Å²) in [6.45, 7) is 0.916. The first-order chi connectivity index (χ1) is 15.6. The van der Waals surface area contributed by atoms with Gasteiger partial charge in [0, 0.05) is 30.1 Å². The Morgan fingerprint density at radius 1 is 0.906 bits per heavy atom. The van der Waals surface area contributed by atoms with Gasteiger partial charge in [0.15, 0.2) is 5.82 Å². The first-order valence-corrected chi connectivity index (χ1v) is 10.1. The molecule has 0 saturated heterocycles. The molecule has 0 atom stereocenters. The molecule has 4 aromatic rings. The fourth-order valence-electron chi connectivity index (χ4n) is 3.76. The number of fused-ring (bicyclic) bond motifs is 1. The summed E-state index contributed by atoms with van der Waals surface area (Å²) in [5.74, 6) is -1.24. The smallest absolute Gasteiger partial charge is 0.283 e. The summed E-state index contributed by atoms with van der Waals surface area (Å²) < 4.78 is 15.2. The third kappa shape index (κ3) is 3.46. The van der Waals surface area contributed by atoms with Crippen LogP contribution in [0.3, 0.4) is 0 Å². The van der Waals surface area contributed by atoms with Crippen molar-refractivity contribution in [2.24, 2.45) is 0 Å². The van der Waals surface area contributed by atoms with E-state index >= 15 is 0 Å². The standard InChI is InChI=1S/C24H18FN5O2/c25-19-8-6-17(7-9-19)21-20(16-10-12-26-13-11-16)23-29(28-21)15-14-27-30(23)24(32)22(31)18-4-2-1-3-5-18/h1-13,27H,14-15H2. The highest BCUT2D eigenvalue weighted by Crippen LogP contribution is 2.40. The number of amides is 1. The van der Waals surface area contributed by atoms with Crippen molar-refractivity contribution in [3.8, 4) is 22.4 Å². The number of hydrogen-bond acceptors (Lipinski definition) is 5. The predicted molar refractivity (Wildman–Crippen MR) is 117 cm³/mol. The lowest BCUT2D eigenvalue weighted by Crippen LogP contribution is -2.51. The second-order valence-corrected chi connectivity index (χ2v) is 7.26. The third-order valence-corrected chi connectivity index (χ3v) is 5.25. The van der Waals surface area contributed by atoms with E-state index in [0.717, 1.165) is 5.56 Å². The van der Waals surface area contributed by atoms with Crippen LogP contribution in [-0.4, -0.2) is 33.0 Å². The second-order valence-electron chi connectivity index (χ2n) is 7.26. The molecule has 2 aromatic carbocycles. The Labute approximate surface area is 183 Å². The van der Waals surface area contributed by atoms with Gasteiger partial charge in [0.05, 0.1) is 12.1 Å². The number of nitrogens with zero attached hydrogens (tertiary/aromatic N) is 4. The number of carbonyl (C=O) groups excluding carboxylic acids is 2. The number of aromatic nitrogens is 3. The zero-order valence-corrected chi connectivity index (χ0v) is 16.9. The maximum Gasteiger partial charge on any atom is 0.315 e. The summed E-state index contributed by atoms with van der Waals surface area (Å²) >= 11 is 0. The maximum absolute atomic E-state index is 13.5. The lowest BCUT2D eigenvalue weighted by molar-refractivity contribution is -0.115. The van der Waals surface area contributed by atoms with E-state index < -0.39 is 11.7 Å². The van der Waals surface area contributed by atoms with Gasteiger partial charge >= 0.3 is 5.91 Å². The molecule has 1 aliphatic heterocycles. The van der Waals surface area contributed by atoms with E-state index in [1.807, 2.05) is 0 Å². The van der Waals surface area contributed by atoms with Gasteiger partial charge in [0.25, 0.3) is 5.78 Å². The van der Waals surface area contributed by atoms with E-state index in [0.29, 0.717) is 41.3 Å². The molecule has 0 spiro atoms. The fraction of sp³-hybridized carbons (Fsp3) is 0.0833. The Balaban J connectivity index is 1.67. The second kappa shape index (κ2) is 8.16. The van der Waals surface area contributed by atoms with Gasteiger partial charge in [0.2, 0.25) is 0 Å². The first kappa shape index (κ1) is 19.8. The fourth-order valence-corrected chi connectivity index (χ4v) is 3.76. The summed E-state index contributed by atoms with van der Waals surface area (Å²) in [5, 5.41) is 5.98. The summed E-state index contributed by atoms with van der Waals surface area (Å²) in [6, 6.07) is 18.0. The van der Waals surface area contributed by atoms with Crippen LogP contribution in [0, 0.1) is 5.82 Å². The van der Waals surface area contributed by atoms with E-state index in [4.69, 9.17) is 5.10 Å². The molecule has 0 bridgehead atoms. The van der Waals surface area contributed by atoms with Crippen LogP contribution in [0.15, 0.2) is 79.1 Å². The lowest BCUT2D eigenvalue weighted by atomic mass is 10.0. The molecule has 1 aliphatic rings. The van der Waals surface area contributed by atoms with Crippen molar-refractivity contribution < 1.29 is 14.0 Å². The molecule has 0 unspecified atom stereocenters.